The number of rotatable bonds is 1. The predicted octanol–water partition coefficient (Wildman–Crippen LogP) is 1.86. The van der Waals surface area contributed by atoms with Crippen LogP contribution in [0.15, 0.2) is 6.20 Å². The monoisotopic (exact) mass is 192 g/mol. The zero-order valence-corrected chi connectivity index (χ0v) is 8.76. The van der Waals surface area contributed by atoms with E-state index in [0.29, 0.717) is 0 Å². The lowest BCUT2D eigenvalue weighted by molar-refractivity contribution is -0.114. The van der Waals surface area contributed by atoms with Crippen LogP contribution in [-0.2, 0) is 24.7 Å². The molecule has 1 amide bonds. The Bertz CT molecular complexity index is 366. The van der Waals surface area contributed by atoms with Crippen LogP contribution in [0.4, 0.5) is 5.69 Å². The molecular weight excluding hydrogens is 176 g/mol. The summed E-state index contributed by atoms with van der Waals surface area (Å²) in [5.41, 5.74) is 3.74. The number of fused-ring (bicyclic) bond motifs is 1. The summed E-state index contributed by atoms with van der Waals surface area (Å²) in [6.45, 7) is 1.56. The highest BCUT2D eigenvalue weighted by Crippen LogP contribution is 2.29. The second-order valence-corrected chi connectivity index (χ2v) is 3.97. The summed E-state index contributed by atoms with van der Waals surface area (Å²) in [4.78, 5) is 11.0. The number of hydrogen-bond acceptors (Lipinski definition) is 1. The molecule has 0 spiro atoms. The van der Waals surface area contributed by atoms with Crippen LogP contribution >= 0.6 is 0 Å². The van der Waals surface area contributed by atoms with Gasteiger partial charge in [-0.1, -0.05) is 0 Å². The highest BCUT2D eigenvalue weighted by Gasteiger charge is 2.17. The first-order valence-electron chi connectivity index (χ1n) is 5.13. The third kappa shape index (κ3) is 1.54. The normalized spacial score (nSPS) is 15.0. The van der Waals surface area contributed by atoms with Crippen molar-refractivity contribution in [3.05, 3.63) is 17.5 Å². The summed E-state index contributed by atoms with van der Waals surface area (Å²) in [5, 5.41) is 2.89. The fraction of sp³-hybridized carbons (Fsp3) is 0.545. The van der Waals surface area contributed by atoms with Crippen LogP contribution in [0.5, 0.6) is 0 Å². The molecule has 0 saturated carbocycles. The molecule has 76 valence electrons. The fourth-order valence-electron chi connectivity index (χ4n) is 2.22. The van der Waals surface area contributed by atoms with E-state index in [0.717, 1.165) is 18.5 Å². The fourth-order valence-corrected chi connectivity index (χ4v) is 2.22. The molecule has 1 aromatic heterocycles. The Kier molecular flexibility index (Phi) is 2.32. The molecule has 2 rings (SSSR count). The molecule has 0 saturated heterocycles. The average Bonchev–Trinajstić information content (AvgIpc) is 2.44. The van der Waals surface area contributed by atoms with Gasteiger partial charge in [-0.25, -0.2) is 0 Å². The van der Waals surface area contributed by atoms with E-state index in [1.54, 1.807) is 6.92 Å². The van der Waals surface area contributed by atoms with E-state index in [-0.39, 0.29) is 5.91 Å². The Balaban J connectivity index is 2.36. The molecular formula is C11H16N2O. The van der Waals surface area contributed by atoms with Crippen molar-refractivity contribution in [3.8, 4) is 0 Å². The van der Waals surface area contributed by atoms with Crippen molar-refractivity contribution < 1.29 is 4.79 Å². The van der Waals surface area contributed by atoms with Gasteiger partial charge in [0.05, 0.1) is 5.69 Å². The van der Waals surface area contributed by atoms with Crippen molar-refractivity contribution in [2.45, 2.75) is 32.6 Å². The van der Waals surface area contributed by atoms with Crippen LogP contribution in [0.25, 0.3) is 0 Å². The van der Waals surface area contributed by atoms with Crippen LogP contribution < -0.4 is 5.32 Å². The molecule has 0 radical (unpaired) electrons. The number of aryl methyl sites for hydroxylation is 1. The highest BCUT2D eigenvalue weighted by molar-refractivity contribution is 5.89. The van der Waals surface area contributed by atoms with Crippen LogP contribution in [0.1, 0.15) is 31.0 Å². The van der Waals surface area contributed by atoms with Gasteiger partial charge in [-0.3, -0.25) is 4.79 Å². The van der Waals surface area contributed by atoms with Gasteiger partial charge in [0.2, 0.25) is 5.91 Å². The molecule has 0 fully saturated rings. The lowest BCUT2D eigenvalue weighted by Crippen LogP contribution is -2.09. The Morgan fingerprint density at radius 3 is 2.86 bits per heavy atom. The highest BCUT2D eigenvalue weighted by atomic mass is 16.1. The third-order valence-corrected chi connectivity index (χ3v) is 2.82. The Morgan fingerprint density at radius 1 is 1.43 bits per heavy atom. The van der Waals surface area contributed by atoms with Crippen LogP contribution in [0.3, 0.4) is 0 Å². The molecule has 0 atom stereocenters. The van der Waals surface area contributed by atoms with Crippen molar-refractivity contribution in [2.24, 2.45) is 7.05 Å². The Hall–Kier alpha value is -1.25. The first-order valence-corrected chi connectivity index (χ1v) is 5.13. The molecule has 3 heteroatoms. The van der Waals surface area contributed by atoms with Gasteiger partial charge in [0, 0.05) is 25.9 Å². The molecule has 14 heavy (non-hydrogen) atoms. The molecule has 0 aliphatic heterocycles. The second-order valence-electron chi connectivity index (χ2n) is 3.97. The Labute approximate surface area is 84.1 Å². The number of amides is 1. The number of carbonyl (C=O) groups is 1. The number of hydrogen-bond donors (Lipinski definition) is 1. The number of aromatic nitrogens is 1. The molecule has 3 nitrogen and oxygen atoms in total. The first-order chi connectivity index (χ1) is 6.68. The molecule has 0 bridgehead atoms. The summed E-state index contributed by atoms with van der Waals surface area (Å²) >= 11 is 0. The van der Waals surface area contributed by atoms with Crippen molar-refractivity contribution in [1.29, 1.82) is 0 Å². The summed E-state index contributed by atoms with van der Waals surface area (Å²) in [5.74, 6) is 0.0176. The van der Waals surface area contributed by atoms with Crippen LogP contribution in [-0.4, -0.2) is 10.5 Å². The average molecular weight is 192 g/mol. The van der Waals surface area contributed by atoms with Gasteiger partial charge in [0.25, 0.3) is 0 Å². The minimum atomic E-state index is 0.0176. The van der Waals surface area contributed by atoms with E-state index >= 15 is 0 Å². The zero-order valence-electron chi connectivity index (χ0n) is 8.76. The lowest BCUT2D eigenvalue weighted by atomic mass is 9.97. The van der Waals surface area contributed by atoms with Crippen LogP contribution in [0, 0.1) is 0 Å². The topological polar surface area (TPSA) is 34.0 Å². The SMILES string of the molecule is CC(=O)Nc1cn(C)c2c1CCCC2. The van der Waals surface area contributed by atoms with Gasteiger partial charge in [-0.15, -0.1) is 0 Å². The smallest absolute Gasteiger partial charge is 0.221 e. The maximum atomic E-state index is 11.0. The van der Waals surface area contributed by atoms with Crippen molar-refractivity contribution in [1.82, 2.24) is 4.57 Å². The molecule has 1 aliphatic rings. The van der Waals surface area contributed by atoms with Gasteiger partial charge in [0.15, 0.2) is 0 Å². The molecule has 0 aromatic carbocycles. The van der Waals surface area contributed by atoms with E-state index < -0.39 is 0 Å². The summed E-state index contributed by atoms with van der Waals surface area (Å²) in [6.07, 6.45) is 6.78. The number of anilines is 1. The predicted molar refractivity (Wildman–Crippen MR) is 56.4 cm³/mol. The first kappa shape index (κ1) is 9.31. The standard InChI is InChI=1S/C11H16N2O/c1-8(14)12-10-7-13(2)11-6-4-3-5-9(10)11/h7H,3-6H2,1-2H3,(H,12,14). The van der Waals surface area contributed by atoms with Gasteiger partial charge < -0.3 is 9.88 Å². The molecule has 1 N–H and O–H groups in total. The largest absolute Gasteiger partial charge is 0.352 e. The van der Waals surface area contributed by atoms with E-state index in [2.05, 4.69) is 16.9 Å². The summed E-state index contributed by atoms with van der Waals surface area (Å²) in [7, 11) is 2.05. The van der Waals surface area contributed by atoms with Crippen molar-refractivity contribution in [3.63, 3.8) is 0 Å². The van der Waals surface area contributed by atoms with E-state index in [9.17, 15) is 4.79 Å². The van der Waals surface area contributed by atoms with E-state index in [4.69, 9.17) is 0 Å². The zero-order chi connectivity index (χ0) is 10.1. The van der Waals surface area contributed by atoms with Crippen LogP contribution in [0.2, 0.25) is 0 Å². The van der Waals surface area contributed by atoms with Gasteiger partial charge in [-0.05, 0) is 31.2 Å². The minimum absolute atomic E-state index is 0.0176. The second kappa shape index (κ2) is 3.48. The quantitative estimate of drug-likeness (QED) is 0.724. The molecule has 0 unspecified atom stereocenters. The Morgan fingerprint density at radius 2 is 2.14 bits per heavy atom. The maximum Gasteiger partial charge on any atom is 0.221 e. The van der Waals surface area contributed by atoms with E-state index in [1.807, 2.05) is 6.20 Å². The van der Waals surface area contributed by atoms with Crippen molar-refractivity contribution >= 4 is 11.6 Å². The maximum absolute atomic E-state index is 11.0. The lowest BCUT2D eigenvalue weighted by Gasteiger charge is -2.14. The minimum Gasteiger partial charge on any atom is -0.352 e. The summed E-state index contributed by atoms with van der Waals surface area (Å²) in [6, 6.07) is 0. The number of carbonyl (C=O) groups excluding carboxylic acids is 1. The molecule has 1 aromatic rings. The molecule has 1 aliphatic carbocycles. The van der Waals surface area contributed by atoms with Gasteiger partial charge >= 0.3 is 0 Å². The number of nitrogens with one attached hydrogen (secondary N) is 1. The van der Waals surface area contributed by atoms with E-state index in [1.165, 1.54) is 24.1 Å². The van der Waals surface area contributed by atoms with Gasteiger partial charge in [-0.2, -0.15) is 0 Å². The summed E-state index contributed by atoms with van der Waals surface area (Å²) < 4.78 is 2.14. The van der Waals surface area contributed by atoms with Crippen molar-refractivity contribution in [2.75, 3.05) is 5.32 Å². The van der Waals surface area contributed by atoms with Gasteiger partial charge in [0.1, 0.15) is 0 Å². The molecule has 1 heterocycles. The third-order valence-electron chi connectivity index (χ3n) is 2.82. The number of nitrogens with zero attached hydrogens (tertiary/aromatic N) is 1.